The lowest BCUT2D eigenvalue weighted by Crippen LogP contribution is -1.36. The summed E-state index contributed by atoms with van der Waals surface area (Å²) in [5, 5.41) is 0. The maximum Gasteiger partial charge on any atom is 0.267 e. The fraction of sp³-hybridized carbons (Fsp3) is 0.500. The molecule has 0 heterocycles. The summed E-state index contributed by atoms with van der Waals surface area (Å²) in [4.78, 5) is 2.90. The first-order chi connectivity index (χ1) is 1.91. The topological polar surface area (TPSA) is 4.36 Å². The first kappa shape index (κ1) is 3.97. The highest BCUT2D eigenvalue weighted by atomic mass is 79.9. The van der Waals surface area contributed by atoms with E-state index >= 15 is 0 Å². The zero-order valence-electron chi connectivity index (χ0n) is 2.03. The van der Waals surface area contributed by atoms with E-state index in [-0.39, 0.29) is 0 Å². The molecule has 0 unspecified atom stereocenters. The lowest BCUT2D eigenvalue weighted by molar-refractivity contribution is 1.84. The summed E-state index contributed by atoms with van der Waals surface area (Å²) in [6.45, 7) is 6.03. The summed E-state index contributed by atoms with van der Waals surface area (Å²) in [6, 6.07) is 0. The van der Waals surface area contributed by atoms with Crippen LogP contribution in [0.5, 0.6) is 0 Å². The molecular weight excluding hydrogens is 118 g/mol. The second-order valence-corrected chi connectivity index (χ2v) is 0.779. The molecule has 0 saturated heterocycles. The van der Waals surface area contributed by atoms with Crippen molar-refractivity contribution in [1.29, 1.82) is 0 Å². The second-order valence-electron chi connectivity index (χ2n) is 0.278. The third-order valence-electron chi connectivity index (χ3n) is 0.0598. The molecule has 0 aromatic heterocycles. The highest BCUT2D eigenvalue weighted by molar-refractivity contribution is 9.09. The van der Waals surface area contributed by atoms with Gasteiger partial charge >= 0.3 is 0 Å². The van der Waals surface area contributed by atoms with Gasteiger partial charge in [-0.25, -0.2) is 6.57 Å². The van der Waals surface area contributed by atoms with Crippen LogP contribution in [-0.2, 0) is 0 Å². The van der Waals surface area contributed by atoms with E-state index in [1.54, 1.807) is 0 Å². The number of hydrogen-bond acceptors (Lipinski definition) is 0. The quantitative estimate of drug-likeness (QED) is 0.257. The zero-order chi connectivity index (χ0) is 3.41. The van der Waals surface area contributed by atoms with Gasteiger partial charge in [0, 0.05) is 15.9 Å². The maximum atomic E-state index is 6.03. The Bertz CT molecular complexity index is 35.8. The van der Waals surface area contributed by atoms with Crippen LogP contribution >= 0.6 is 15.9 Å². The van der Waals surface area contributed by atoms with Crippen molar-refractivity contribution in [2.75, 3.05) is 5.45 Å². The van der Waals surface area contributed by atoms with Crippen molar-refractivity contribution < 1.29 is 0 Å². The van der Waals surface area contributed by atoms with E-state index in [2.05, 4.69) is 20.8 Å². The molecule has 0 bridgehead atoms. The highest BCUT2D eigenvalue weighted by Gasteiger charge is 1.53. The van der Waals surface area contributed by atoms with Gasteiger partial charge in [-0.15, -0.1) is 0 Å². The van der Waals surface area contributed by atoms with E-state index in [1.807, 2.05) is 0 Å². The Kier molecular flexibility index (Phi) is 2.95. The maximum absolute atomic E-state index is 6.03. The normalized spacial score (nSPS) is 5.00. The van der Waals surface area contributed by atoms with Gasteiger partial charge in [0.25, 0.3) is 5.45 Å². The Balaban J connectivity index is 2.43. The third-order valence-corrected chi connectivity index (χ3v) is 0.311. The zero-order valence-corrected chi connectivity index (χ0v) is 3.62. The van der Waals surface area contributed by atoms with Gasteiger partial charge in [0.2, 0.25) is 0 Å². The molecule has 0 aliphatic rings. The third kappa shape index (κ3) is 1.97. The van der Waals surface area contributed by atoms with Crippen LogP contribution in [0.15, 0.2) is 0 Å². The van der Waals surface area contributed by atoms with Crippen LogP contribution in [0.2, 0.25) is 0 Å². The first-order valence-electron chi connectivity index (χ1n) is 0.807. The van der Waals surface area contributed by atoms with Crippen LogP contribution < -0.4 is 0 Å². The van der Waals surface area contributed by atoms with Crippen LogP contribution in [-0.4, -0.2) is 5.45 Å². The van der Waals surface area contributed by atoms with Gasteiger partial charge in [-0.2, -0.15) is 0 Å². The lowest BCUT2D eigenvalue weighted by atomic mass is 11.5. The summed E-state index contributed by atoms with van der Waals surface area (Å²) in [5.74, 6) is 0. The molecular formula is C2H2BrN. The summed E-state index contributed by atoms with van der Waals surface area (Å²) >= 11 is 2.89. The van der Waals surface area contributed by atoms with Crippen molar-refractivity contribution >= 4 is 15.9 Å². The molecule has 0 N–H and O–H groups in total. The summed E-state index contributed by atoms with van der Waals surface area (Å²) < 4.78 is 0. The molecule has 0 aliphatic carbocycles. The van der Waals surface area contributed by atoms with E-state index in [0.717, 1.165) is 0 Å². The molecule has 4 heavy (non-hydrogen) atoms. The molecule has 0 spiro atoms. The fourth-order valence-corrected chi connectivity index (χ4v) is 0. The van der Waals surface area contributed by atoms with Crippen molar-refractivity contribution in [1.82, 2.24) is 0 Å². The van der Waals surface area contributed by atoms with Crippen LogP contribution in [0.1, 0.15) is 0 Å². The fourth-order valence-electron chi connectivity index (χ4n) is 0. The molecule has 0 amide bonds. The average Bonchev–Trinajstić information content (AvgIpc) is 1.37. The summed E-state index contributed by atoms with van der Waals surface area (Å²) in [7, 11) is 0. The van der Waals surface area contributed by atoms with E-state index in [9.17, 15) is 0 Å². The van der Waals surface area contributed by atoms with E-state index in [0.29, 0.717) is 5.45 Å². The molecule has 2 heteroatoms. The van der Waals surface area contributed by atoms with Gasteiger partial charge in [0.05, 0.1) is 0 Å². The second kappa shape index (κ2) is 2.97. The number of rotatable bonds is 0. The van der Waals surface area contributed by atoms with Gasteiger partial charge < -0.3 is 4.85 Å². The standard InChI is InChI=1S/C2H2BrN/c1-4-2-3/h2H2. The predicted octanol–water partition coefficient (Wildman–Crippen LogP) is 1.26. The Morgan fingerprint density at radius 1 is 2.00 bits per heavy atom. The van der Waals surface area contributed by atoms with Crippen LogP contribution in [0.25, 0.3) is 4.85 Å². The van der Waals surface area contributed by atoms with Gasteiger partial charge in [-0.3, -0.25) is 0 Å². The van der Waals surface area contributed by atoms with E-state index < -0.39 is 0 Å². The minimum atomic E-state index is 0.424. The SMILES string of the molecule is [C-]#[N+]CBr. The molecule has 0 aliphatic heterocycles. The minimum Gasteiger partial charge on any atom is -0.305 e. The number of halogens is 1. The monoisotopic (exact) mass is 119 g/mol. The Morgan fingerprint density at radius 3 is 2.25 bits per heavy atom. The van der Waals surface area contributed by atoms with Crippen LogP contribution in [0.3, 0.4) is 0 Å². The summed E-state index contributed by atoms with van der Waals surface area (Å²) in [5.41, 5.74) is 0.424. The van der Waals surface area contributed by atoms with Crippen molar-refractivity contribution in [3.05, 3.63) is 11.4 Å². The van der Waals surface area contributed by atoms with Crippen LogP contribution in [0, 0.1) is 6.57 Å². The molecule has 0 atom stereocenters. The largest absolute Gasteiger partial charge is 0.305 e. The Hall–Kier alpha value is -0.0300. The van der Waals surface area contributed by atoms with Gasteiger partial charge in [-0.1, -0.05) is 0 Å². The smallest absolute Gasteiger partial charge is 0.267 e. The minimum absolute atomic E-state index is 0.424. The number of alkyl halides is 1. The molecule has 0 fully saturated rings. The average molecular weight is 120 g/mol. The van der Waals surface area contributed by atoms with Crippen LogP contribution in [0.4, 0.5) is 0 Å². The molecule has 0 aromatic rings. The summed E-state index contributed by atoms with van der Waals surface area (Å²) in [6.07, 6.45) is 0. The van der Waals surface area contributed by atoms with Crippen molar-refractivity contribution in [3.8, 4) is 0 Å². The van der Waals surface area contributed by atoms with Crippen molar-refractivity contribution in [2.24, 2.45) is 0 Å². The van der Waals surface area contributed by atoms with Crippen molar-refractivity contribution in [3.63, 3.8) is 0 Å². The molecule has 1 nitrogen and oxygen atoms in total. The Labute approximate surface area is 33.6 Å². The van der Waals surface area contributed by atoms with E-state index in [1.165, 1.54) is 0 Å². The molecule has 0 aromatic carbocycles. The molecule has 22 valence electrons. The van der Waals surface area contributed by atoms with Gasteiger partial charge in [-0.05, 0) is 0 Å². The lowest BCUT2D eigenvalue weighted by Gasteiger charge is -1.49. The van der Waals surface area contributed by atoms with Gasteiger partial charge in [0.1, 0.15) is 0 Å². The number of nitrogens with zero attached hydrogens (tertiary/aromatic N) is 1. The molecule has 0 radical (unpaired) electrons. The van der Waals surface area contributed by atoms with Gasteiger partial charge in [0.15, 0.2) is 0 Å². The van der Waals surface area contributed by atoms with E-state index in [4.69, 9.17) is 6.57 Å². The van der Waals surface area contributed by atoms with Crippen molar-refractivity contribution in [2.45, 2.75) is 0 Å². The molecule has 0 rings (SSSR count). The molecule has 0 saturated carbocycles. The first-order valence-corrected chi connectivity index (χ1v) is 1.93. The number of hydrogen-bond donors (Lipinski definition) is 0. The highest BCUT2D eigenvalue weighted by Crippen LogP contribution is 1.73. The predicted molar refractivity (Wildman–Crippen MR) is 20.4 cm³/mol. The Morgan fingerprint density at radius 2 is 2.25 bits per heavy atom.